The molecule has 0 bridgehead atoms. The second-order valence-corrected chi connectivity index (χ2v) is 8.13. The van der Waals surface area contributed by atoms with Crippen LogP contribution in [0.15, 0.2) is 73.3 Å². The van der Waals surface area contributed by atoms with Crippen LogP contribution in [0.25, 0.3) is 0 Å². The largest absolute Gasteiger partial charge is 0.379 e. The van der Waals surface area contributed by atoms with Gasteiger partial charge < -0.3 is 14.2 Å². The third-order valence-corrected chi connectivity index (χ3v) is 6.88. The van der Waals surface area contributed by atoms with E-state index >= 15 is 0 Å². The van der Waals surface area contributed by atoms with Crippen LogP contribution in [-0.2, 0) is 19.2 Å². The van der Waals surface area contributed by atoms with Gasteiger partial charge in [0.1, 0.15) is 11.3 Å². The van der Waals surface area contributed by atoms with Crippen molar-refractivity contribution in [2.45, 2.75) is 31.5 Å². The second kappa shape index (κ2) is 9.29. The Labute approximate surface area is 156 Å². The predicted molar refractivity (Wildman–Crippen MR) is 105 cm³/mol. The maximum absolute atomic E-state index is 13.6. The van der Waals surface area contributed by atoms with Gasteiger partial charge in [-0.2, -0.15) is 0 Å². The van der Waals surface area contributed by atoms with E-state index in [0.29, 0.717) is 11.1 Å². The van der Waals surface area contributed by atoms with E-state index in [4.69, 9.17) is 9.05 Å². The molecule has 0 radical (unpaired) electrons. The zero-order valence-corrected chi connectivity index (χ0v) is 16.3. The van der Waals surface area contributed by atoms with Crippen LogP contribution in [-0.4, -0.2) is 24.0 Å². The molecule has 0 aliphatic heterocycles. The molecule has 0 heterocycles. The number of hydrogen-bond donors (Lipinski definition) is 1. The third kappa shape index (κ3) is 4.16. The molecule has 4 nitrogen and oxygen atoms in total. The molecule has 1 N–H and O–H groups in total. The van der Waals surface area contributed by atoms with Crippen molar-refractivity contribution in [2.24, 2.45) is 0 Å². The first-order chi connectivity index (χ1) is 12.5. The molecule has 0 aliphatic rings. The Morgan fingerprint density at radius 2 is 1.42 bits per heavy atom. The molecule has 2 rings (SSSR count). The Bertz CT molecular complexity index is 681. The Morgan fingerprint density at radius 3 is 1.77 bits per heavy atom. The van der Waals surface area contributed by atoms with Crippen molar-refractivity contribution in [2.75, 3.05) is 13.2 Å². The van der Waals surface area contributed by atoms with Gasteiger partial charge in [-0.1, -0.05) is 66.7 Å². The van der Waals surface area contributed by atoms with Crippen LogP contribution in [0.4, 0.5) is 0 Å². The van der Waals surface area contributed by atoms with Crippen molar-refractivity contribution < 1.29 is 18.7 Å². The third-order valence-electron chi connectivity index (χ3n) is 4.30. The summed E-state index contributed by atoms with van der Waals surface area (Å²) in [6.07, 6.45) is 1.92. The molecule has 0 spiro atoms. The summed E-state index contributed by atoms with van der Waals surface area (Å²) in [6, 6.07) is 18.4. The number of hydrogen-bond acceptors (Lipinski definition) is 4. The first-order valence-corrected chi connectivity index (χ1v) is 10.5. The van der Waals surface area contributed by atoms with Crippen LogP contribution in [0, 0.1) is 0 Å². The van der Waals surface area contributed by atoms with E-state index in [9.17, 15) is 9.67 Å². The van der Waals surface area contributed by atoms with E-state index < -0.39 is 18.9 Å². The van der Waals surface area contributed by atoms with E-state index in [1.165, 1.54) is 0 Å². The molecule has 5 heteroatoms. The fourth-order valence-corrected chi connectivity index (χ4v) is 5.52. The quantitative estimate of drug-likeness (QED) is 0.462. The van der Waals surface area contributed by atoms with Gasteiger partial charge >= 0.3 is 7.60 Å². The van der Waals surface area contributed by atoms with Crippen LogP contribution in [0.2, 0.25) is 0 Å². The summed E-state index contributed by atoms with van der Waals surface area (Å²) in [5, 5.41) is 12.0. The smallest absolute Gasteiger partial charge is 0.337 e. The van der Waals surface area contributed by atoms with Gasteiger partial charge in [-0.15, -0.1) is 6.58 Å². The average molecular weight is 374 g/mol. The molecule has 0 aliphatic carbocycles. The van der Waals surface area contributed by atoms with Crippen molar-refractivity contribution in [3.8, 4) is 0 Å². The summed E-state index contributed by atoms with van der Waals surface area (Å²) in [5.41, 5.74) is -1.09. The summed E-state index contributed by atoms with van der Waals surface area (Å²) in [5.74, 6) is 0. The number of rotatable bonds is 10. The average Bonchev–Trinajstić information content (AvgIpc) is 2.67. The first-order valence-electron chi connectivity index (χ1n) is 8.86. The lowest BCUT2D eigenvalue weighted by molar-refractivity contribution is 0.0603. The van der Waals surface area contributed by atoms with Crippen LogP contribution in [0.5, 0.6) is 0 Å². The lowest BCUT2D eigenvalue weighted by Crippen LogP contribution is -2.41. The van der Waals surface area contributed by atoms with Crippen LogP contribution >= 0.6 is 7.60 Å². The summed E-state index contributed by atoms with van der Waals surface area (Å²) in [4.78, 5) is 0. The fraction of sp³-hybridized carbons (Fsp3) is 0.333. The van der Waals surface area contributed by atoms with Gasteiger partial charge in [0, 0.05) is 0 Å². The highest BCUT2D eigenvalue weighted by Crippen LogP contribution is 2.61. The molecule has 1 atom stereocenters. The zero-order chi connectivity index (χ0) is 19.0. The molecule has 140 valence electrons. The van der Waals surface area contributed by atoms with E-state index in [-0.39, 0.29) is 19.6 Å². The molecule has 0 saturated heterocycles. The van der Waals surface area contributed by atoms with Gasteiger partial charge in [-0.25, -0.2) is 0 Å². The van der Waals surface area contributed by atoms with Gasteiger partial charge in [-0.3, -0.25) is 4.57 Å². The van der Waals surface area contributed by atoms with E-state index in [1.807, 2.05) is 60.7 Å². The lowest BCUT2D eigenvalue weighted by Gasteiger charge is -2.39. The monoisotopic (exact) mass is 374 g/mol. The van der Waals surface area contributed by atoms with Gasteiger partial charge in [0.2, 0.25) is 0 Å². The normalized spacial score (nSPS) is 13.3. The fourth-order valence-electron chi connectivity index (χ4n) is 3.20. The topological polar surface area (TPSA) is 55.8 Å². The predicted octanol–water partition coefficient (Wildman–Crippen LogP) is 5.13. The van der Waals surface area contributed by atoms with E-state index in [0.717, 1.165) is 0 Å². The minimum atomic E-state index is -3.62. The highest BCUT2D eigenvalue weighted by Gasteiger charge is 2.51. The first kappa shape index (κ1) is 20.6. The maximum atomic E-state index is 13.6. The zero-order valence-electron chi connectivity index (χ0n) is 15.4. The van der Waals surface area contributed by atoms with Gasteiger partial charge in [0.25, 0.3) is 0 Å². The molecular formula is C21H27O4P. The lowest BCUT2D eigenvalue weighted by atomic mass is 9.82. The summed E-state index contributed by atoms with van der Waals surface area (Å²) in [6.45, 7) is 7.77. The molecule has 0 amide bonds. The van der Waals surface area contributed by atoms with Crippen molar-refractivity contribution in [3.63, 3.8) is 0 Å². The number of benzene rings is 2. The summed E-state index contributed by atoms with van der Waals surface area (Å²) >= 11 is 0. The summed E-state index contributed by atoms with van der Waals surface area (Å²) < 4.78 is 24.8. The Balaban J connectivity index is 2.71. The van der Waals surface area contributed by atoms with E-state index in [1.54, 1.807) is 19.9 Å². The van der Waals surface area contributed by atoms with Crippen molar-refractivity contribution >= 4 is 7.60 Å². The molecule has 2 aromatic rings. The van der Waals surface area contributed by atoms with Crippen molar-refractivity contribution in [1.82, 2.24) is 0 Å². The molecule has 2 aromatic carbocycles. The van der Waals surface area contributed by atoms with Crippen LogP contribution < -0.4 is 0 Å². The Morgan fingerprint density at radius 1 is 1.00 bits per heavy atom. The Kier molecular flexibility index (Phi) is 7.36. The second-order valence-electron chi connectivity index (χ2n) is 5.91. The van der Waals surface area contributed by atoms with Gasteiger partial charge in [0.15, 0.2) is 0 Å². The van der Waals surface area contributed by atoms with E-state index in [2.05, 4.69) is 6.58 Å². The number of aliphatic hydroxyl groups is 1. The molecule has 0 saturated carbocycles. The van der Waals surface area contributed by atoms with Crippen molar-refractivity contribution in [1.29, 1.82) is 0 Å². The van der Waals surface area contributed by atoms with Crippen LogP contribution in [0.1, 0.15) is 31.4 Å². The summed E-state index contributed by atoms with van der Waals surface area (Å²) in [7, 11) is -3.62. The molecular weight excluding hydrogens is 347 g/mol. The number of allylic oxidation sites excluding steroid dienone is 1. The minimum absolute atomic E-state index is 0.227. The standard InChI is InChI=1S/C21H27O4P/c1-4-13-20(26(23,24-5-2)25-6-3)21(22,18-14-9-7-10-15-18)19-16-11-8-12-17-19/h4,7-12,14-17,20,22H,1,5-6,13H2,2-3H3. The minimum Gasteiger partial charge on any atom is -0.379 e. The van der Waals surface area contributed by atoms with Gasteiger partial charge in [0.05, 0.1) is 13.2 Å². The molecule has 26 heavy (non-hydrogen) atoms. The molecule has 1 unspecified atom stereocenters. The molecule has 0 fully saturated rings. The van der Waals surface area contributed by atoms with Crippen molar-refractivity contribution in [3.05, 3.63) is 84.4 Å². The molecule has 0 aromatic heterocycles. The van der Waals surface area contributed by atoms with Crippen LogP contribution in [0.3, 0.4) is 0 Å². The Hall–Kier alpha value is -1.71. The van der Waals surface area contributed by atoms with Gasteiger partial charge in [-0.05, 0) is 31.4 Å². The highest BCUT2D eigenvalue weighted by molar-refractivity contribution is 7.54. The highest BCUT2D eigenvalue weighted by atomic mass is 31.2. The SMILES string of the molecule is C=CCC(C(O)(c1ccccc1)c1ccccc1)P(=O)(OCC)OCC. The maximum Gasteiger partial charge on any atom is 0.337 e.